The van der Waals surface area contributed by atoms with Crippen molar-refractivity contribution in [2.45, 2.75) is 6.92 Å². The van der Waals surface area contributed by atoms with Crippen LogP contribution < -0.4 is 5.32 Å². The van der Waals surface area contributed by atoms with Gasteiger partial charge in [-0.1, -0.05) is 11.6 Å². The van der Waals surface area contributed by atoms with Gasteiger partial charge in [0.2, 0.25) is 0 Å². The van der Waals surface area contributed by atoms with Crippen LogP contribution in [0.4, 0.5) is 5.82 Å². The highest BCUT2D eigenvalue weighted by atomic mass is 35.5. The van der Waals surface area contributed by atoms with Gasteiger partial charge in [0.15, 0.2) is 0 Å². The van der Waals surface area contributed by atoms with E-state index in [1.165, 1.54) is 18.5 Å². The van der Waals surface area contributed by atoms with E-state index in [2.05, 4.69) is 20.3 Å². The number of rotatable bonds is 2. The number of hydrogen-bond acceptors (Lipinski definition) is 4. The van der Waals surface area contributed by atoms with Crippen molar-refractivity contribution in [1.29, 1.82) is 0 Å². The zero-order chi connectivity index (χ0) is 15.1. The first-order valence-corrected chi connectivity index (χ1v) is 6.32. The number of halogens is 1. The van der Waals surface area contributed by atoms with Gasteiger partial charge >= 0.3 is 5.97 Å². The van der Waals surface area contributed by atoms with E-state index in [0.29, 0.717) is 22.6 Å². The molecule has 1 aliphatic rings. The molecule has 2 aromatic heterocycles. The molecule has 0 radical (unpaired) electrons. The third-order valence-corrected chi connectivity index (χ3v) is 3.41. The van der Waals surface area contributed by atoms with Gasteiger partial charge < -0.3 is 15.4 Å². The predicted molar refractivity (Wildman–Crippen MR) is 76.0 cm³/mol. The van der Waals surface area contributed by atoms with E-state index in [0.717, 1.165) is 0 Å². The summed E-state index contributed by atoms with van der Waals surface area (Å²) in [6, 6.07) is 1.49. The Morgan fingerprint density at radius 3 is 2.86 bits per heavy atom. The van der Waals surface area contributed by atoms with Gasteiger partial charge in [0.05, 0.1) is 11.1 Å². The highest BCUT2D eigenvalue weighted by Crippen LogP contribution is 2.35. The Balaban J connectivity index is 2.13. The van der Waals surface area contributed by atoms with Gasteiger partial charge in [-0.15, -0.1) is 0 Å². The van der Waals surface area contributed by atoms with Crippen molar-refractivity contribution in [2.24, 2.45) is 0 Å². The molecular weight excluding hydrogens is 296 g/mol. The van der Waals surface area contributed by atoms with Gasteiger partial charge in [0.1, 0.15) is 23.0 Å². The predicted octanol–water partition coefficient (Wildman–Crippen LogP) is 1.96. The van der Waals surface area contributed by atoms with Crippen molar-refractivity contribution in [3.63, 3.8) is 0 Å². The first-order valence-electron chi connectivity index (χ1n) is 5.94. The Hall–Kier alpha value is -2.67. The van der Waals surface area contributed by atoms with Crippen molar-refractivity contribution < 1.29 is 14.7 Å². The molecule has 0 saturated heterocycles. The summed E-state index contributed by atoms with van der Waals surface area (Å²) in [6.45, 7) is 1.74. The van der Waals surface area contributed by atoms with Crippen LogP contribution >= 0.6 is 11.6 Å². The maximum Gasteiger partial charge on any atom is 0.352 e. The molecule has 0 bridgehead atoms. The van der Waals surface area contributed by atoms with E-state index in [1.807, 2.05) is 0 Å². The second-order valence-corrected chi connectivity index (χ2v) is 4.84. The summed E-state index contributed by atoms with van der Waals surface area (Å²) in [5, 5.41) is 11.7. The van der Waals surface area contributed by atoms with Crippen molar-refractivity contribution >= 4 is 40.9 Å². The molecule has 8 heteroatoms. The number of aromatic amines is 1. The Morgan fingerprint density at radius 1 is 1.43 bits per heavy atom. The van der Waals surface area contributed by atoms with Gasteiger partial charge in [0, 0.05) is 5.69 Å². The third-order valence-electron chi connectivity index (χ3n) is 3.12. The number of aromatic nitrogens is 3. The number of aryl methyl sites for hydroxylation is 1. The quantitative estimate of drug-likeness (QED) is 0.580. The fourth-order valence-electron chi connectivity index (χ4n) is 2.11. The molecule has 0 fully saturated rings. The van der Waals surface area contributed by atoms with Crippen LogP contribution in [0.3, 0.4) is 0 Å². The second kappa shape index (κ2) is 4.71. The monoisotopic (exact) mass is 304 g/mol. The van der Waals surface area contributed by atoms with Crippen LogP contribution in [0.25, 0.3) is 11.6 Å². The number of amides is 1. The fourth-order valence-corrected chi connectivity index (χ4v) is 2.34. The summed E-state index contributed by atoms with van der Waals surface area (Å²) >= 11 is 6.00. The average Bonchev–Trinajstić information content (AvgIpc) is 2.93. The molecule has 7 nitrogen and oxygen atoms in total. The number of carbonyl (C=O) groups is 2. The highest BCUT2D eigenvalue weighted by molar-refractivity contribution is 6.40. The lowest BCUT2D eigenvalue weighted by atomic mass is 10.1. The zero-order valence-corrected chi connectivity index (χ0v) is 11.5. The molecule has 3 heterocycles. The Bertz CT molecular complexity index is 810. The van der Waals surface area contributed by atoms with Crippen LogP contribution in [-0.2, 0) is 4.79 Å². The van der Waals surface area contributed by atoms with E-state index in [1.54, 1.807) is 6.92 Å². The molecule has 21 heavy (non-hydrogen) atoms. The molecule has 0 atom stereocenters. The molecule has 1 aliphatic heterocycles. The maximum atomic E-state index is 12.0. The van der Waals surface area contributed by atoms with Gasteiger partial charge in [0.25, 0.3) is 5.91 Å². The minimum absolute atomic E-state index is 0.0494. The molecule has 0 aliphatic carbocycles. The number of nitrogens with one attached hydrogen (secondary N) is 2. The Morgan fingerprint density at radius 2 is 2.19 bits per heavy atom. The number of fused-ring (bicyclic) bond motifs is 1. The summed E-state index contributed by atoms with van der Waals surface area (Å²) in [5.41, 5.74) is 1.97. The number of hydrogen-bond donors (Lipinski definition) is 3. The topological polar surface area (TPSA) is 108 Å². The molecule has 0 spiro atoms. The van der Waals surface area contributed by atoms with Crippen molar-refractivity contribution in [2.75, 3.05) is 5.32 Å². The van der Waals surface area contributed by atoms with Crippen LogP contribution in [0.5, 0.6) is 0 Å². The van der Waals surface area contributed by atoms with Crippen LogP contribution in [0.15, 0.2) is 12.4 Å². The second-order valence-electron chi connectivity index (χ2n) is 4.49. The molecule has 0 saturated carbocycles. The van der Waals surface area contributed by atoms with Crippen LogP contribution in [0, 0.1) is 6.92 Å². The van der Waals surface area contributed by atoms with Gasteiger partial charge in [-0.3, -0.25) is 4.79 Å². The summed E-state index contributed by atoms with van der Waals surface area (Å²) in [7, 11) is 0. The molecule has 3 N–H and O–H groups in total. The van der Waals surface area contributed by atoms with Crippen molar-refractivity contribution in [3.05, 3.63) is 40.1 Å². The lowest BCUT2D eigenvalue weighted by molar-refractivity contribution is -0.110. The number of carboxylic acids is 1. The molecule has 2 aromatic rings. The van der Waals surface area contributed by atoms with Crippen molar-refractivity contribution in [3.8, 4) is 0 Å². The molecular formula is C13H9ClN4O3. The number of anilines is 1. The fraction of sp³-hybridized carbons (Fsp3) is 0.0769. The van der Waals surface area contributed by atoms with E-state index in [9.17, 15) is 9.59 Å². The van der Waals surface area contributed by atoms with E-state index < -0.39 is 5.97 Å². The third kappa shape index (κ3) is 2.17. The molecule has 106 valence electrons. The largest absolute Gasteiger partial charge is 0.477 e. The van der Waals surface area contributed by atoms with E-state index >= 15 is 0 Å². The lowest BCUT2D eigenvalue weighted by Gasteiger charge is -1.99. The summed E-state index contributed by atoms with van der Waals surface area (Å²) < 4.78 is 0. The number of nitrogens with zero attached hydrogens (tertiary/aromatic N) is 2. The first-order chi connectivity index (χ1) is 9.97. The van der Waals surface area contributed by atoms with Crippen LogP contribution in [0.2, 0.25) is 5.15 Å². The van der Waals surface area contributed by atoms with E-state index in [4.69, 9.17) is 16.7 Å². The standard InChI is InChI=1S/C13H9ClN4O3/c1-5-2-8(13(20)21)17-7(5)3-6-9-10(14)15-4-16-11(9)18-12(6)19/h2-4,17H,1H3,(H,20,21)(H,15,16,18,19). The smallest absolute Gasteiger partial charge is 0.352 e. The summed E-state index contributed by atoms with van der Waals surface area (Å²) in [6.07, 6.45) is 2.80. The van der Waals surface area contributed by atoms with E-state index in [-0.39, 0.29) is 22.3 Å². The first kappa shape index (κ1) is 13.3. The minimum atomic E-state index is -1.07. The number of H-pyrrole nitrogens is 1. The summed E-state index contributed by atoms with van der Waals surface area (Å²) in [4.78, 5) is 33.5. The SMILES string of the molecule is Cc1cc(C(=O)O)[nH]c1C=C1C(=O)Nc2ncnc(Cl)c21. The van der Waals surface area contributed by atoms with Gasteiger partial charge in [-0.2, -0.15) is 0 Å². The number of carbonyl (C=O) groups excluding carboxylic acids is 1. The van der Waals surface area contributed by atoms with Gasteiger partial charge in [-0.05, 0) is 24.6 Å². The Kier molecular flexibility index (Phi) is 2.99. The molecule has 1 amide bonds. The maximum absolute atomic E-state index is 12.0. The average molecular weight is 305 g/mol. The molecule has 0 unspecified atom stereocenters. The molecule has 0 aromatic carbocycles. The minimum Gasteiger partial charge on any atom is -0.477 e. The van der Waals surface area contributed by atoms with Crippen LogP contribution in [0.1, 0.15) is 27.3 Å². The highest BCUT2D eigenvalue weighted by Gasteiger charge is 2.29. The lowest BCUT2D eigenvalue weighted by Crippen LogP contribution is -2.04. The zero-order valence-electron chi connectivity index (χ0n) is 10.8. The molecule has 3 rings (SSSR count). The van der Waals surface area contributed by atoms with Crippen LogP contribution in [-0.4, -0.2) is 31.9 Å². The summed E-state index contributed by atoms with van der Waals surface area (Å²) in [5.74, 6) is -1.09. The van der Waals surface area contributed by atoms with Gasteiger partial charge in [-0.25, -0.2) is 14.8 Å². The Labute approximate surface area is 123 Å². The number of aromatic carboxylic acids is 1. The van der Waals surface area contributed by atoms with Crippen molar-refractivity contribution in [1.82, 2.24) is 15.0 Å². The normalized spacial score (nSPS) is 15.1. The number of carboxylic acid groups (broad SMARTS) is 1.